The number of aromatic nitrogens is 1. The van der Waals surface area contributed by atoms with Crippen LogP contribution in [0.25, 0.3) is 0 Å². The van der Waals surface area contributed by atoms with Gasteiger partial charge in [0.1, 0.15) is 0 Å². The summed E-state index contributed by atoms with van der Waals surface area (Å²) >= 11 is 0. The Morgan fingerprint density at radius 3 is 2.80 bits per heavy atom. The summed E-state index contributed by atoms with van der Waals surface area (Å²) in [7, 11) is 0. The van der Waals surface area contributed by atoms with Crippen LogP contribution in [0.15, 0.2) is 17.3 Å². The van der Waals surface area contributed by atoms with Crippen molar-refractivity contribution in [3.05, 3.63) is 23.5 Å². The molecule has 0 aromatic carbocycles. The van der Waals surface area contributed by atoms with Crippen molar-refractivity contribution in [1.82, 2.24) is 4.98 Å². The topological polar surface area (TPSA) is 25.2 Å². The van der Waals surface area contributed by atoms with E-state index in [1.54, 1.807) is 0 Å². The third-order valence-corrected chi connectivity index (χ3v) is 2.41. The molecule has 0 radical (unpaired) electrons. The zero-order valence-corrected chi connectivity index (χ0v) is 10.2. The van der Waals surface area contributed by atoms with Crippen molar-refractivity contribution in [3.63, 3.8) is 0 Å². The molecule has 0 bridgehead atoms. The summed E-state index contributed by atoms with van der Waals surface area (Å²) in [4.78, 5) is 8.87. The Morgan fingerprint density at radius 2 is 2.13 bits per heavy atom. The van der Waals surface area contributed by atoms with E-state index in [-0.39, 0.29) is 0 Å². The average molecular weight is 204 g/mol. The van der Waals surface area contributed by atoms with Crippen LogP contribution in [-0.2, 0) is 0 Å². The Balaban J connectivity index is 2.82. The minimum atomic E-state index is 1.03. The van der Waals surface area contributed by atoms with Crippen molar-refractivity contribution in [2.24, 2.45) is 4.99 Å². The summed E-state index contributed by atoms with van der Waals surface area (Å²) in [5, 5.41) is 0. The van der Waals surface area contributed by atoms with Gasteiger partial charge in [0, 0.05) is 17.6 Å². The predicted molar refractivity (Wildman–Crippen MR) is 66.0 cm³/mol. The van der Waals surface area contributed by atoms with E-state index < -0.39 is 0 Å². The first-order chi connectivity index (χ1) is 7.13. The van der Waals surface area contributed by atoms with Crippen LogP contribution < -0.4 is 0 Å². The molecular weight excluding hydrogens is 184 g/mol. The highest BCUT2D eigenvalue weighted by atomic mass is 14.8. The summed E-state index contributed by atoms with van der Waals surface area (Å²) in [5.41, 5.74) is 4.46. The van der Waals surface area contributed by atoms with Gasteiger partial charge in [-0.1, -0.05) is 13.3 Å². The highest BCUT2D eigenvalue weighted by Crippen LogP contribution is 2.19. The van der Waals surface area contributed by atoms with Gasteiger partial charge in [-0.3, -0.25) is 9.98 Å². The molecule has 0 fully saturated rings. The van der Waals surface area contributed by atoms with Gasteiger partial charge in [-0.2, -0.15) is 0 Å². The first-order valence-corrected chi connectivity index (χ1v) is 5.61. The van der Waals surface area contributed by atoms with E-state index in [1.807, 2.05) is 19.2 Å². The second-order valence-electron chi connectivity index (χ2n) is 4.06. The summed E-state index contributed by atoms with van der Waals surface area (Å²) in [6.07, 6.45) is 5.43. The summed E-state index contributed by atoms with van der Waals surface area (Å²) in [6.45, 7) is 8.36. The van der Waals surface area contributed by atoms with Gasteiger partial charge in [0.25, 0.3) is 0 Å². The first kappa shape index (κ1) is 11.9. The summed E-state index contributed by atoms with van der Waals surface area (Å²) < 4.78 is 0. The third-order valence-electron chi connectivity index (χ3n) is 2.41. The van der Waals surface area contributed by atoms with Gasteiger partial charge in [-0.15, -0.1) is 0 Å². The molecule has 0 N–H and O–H groups in total. The lowest BCUT2D eigenvalue weighted by molar-refractivity contribution is 0.833. The van der Waals surface area contributed by atoms with Gasteiger partial charge in [-0.05, 0) is 45.2 Å². The molecule has 0 aliphatic carbocycles. The zero-order chi connectivity index (χ0) is 11.3. The van der Waals surface area contributed by atoms with Crippen molar-refractivity contribution >= 4 is 11.4 Å². The van der Waals surface area contributed by atoms with Crippen LogP contribution in [-0.4, -0.2) is 10.7 Å². The molecule has 0 unspecified atom stereocenters. The number of hydrogen-bond donors (Lipinski definition) is 0. The van der Waals surface area contributed by atoms with Crippen molar-refractivity contribution < 1.29 is 0 Å². The summed E-state index contributed by atoms with van der Waals surface area (Å²) in [6, 6.07) is 2.05. The largest absolute Gasteiger partial charge is 0.261 e. The van der Waals surface area contributed by atoms with Gasteiger partial charge in [0.2, 0.25) is 0 Å². The maximum absolute atomic E-state index is 4.63. The van der Waals surface area contributed by atoms with Gasteiger partial charge in [0.15, 0.2) is 0 Å². The highest BCUT2D eigenvalue weighted by Gasteiger charge is 1.98. The Bertz CT molecular complexity index is 354. The number of pyridine rings is 1. The monoisotopic (exact) mass is 204 g/mol. The van der Waals surface area contributed by atoms with E-state index in [4.69, 9.17) is 0 Å². The normalized spacial score (nSPS) is 11.9. The molecule has 1 aromatic rings. The van der Waals surface area contributed by atoms with Crippen LogP contribution in [0.1, 0.15) is 44.4 Å². The number of hydrogen-bond acceptors (Lipinski definition) is 2. The fourth-order valence-corrected chi connectivity index (χ4v) is 1.43. The first-order valence-electron chi connectivity index (χ1n) is 5.61. The molecule has 0 saturated heterocycles. The Kier molecular flexibility index (Phi) is 4.47. The molecule has 2 heteroatoms. The fraction of sp³-hybridized carbons (Fsp3) is 0.538. The molecule has 2 nitrogen and oxygen atoms in total. The van der Waals surface area contributed by atoms with Gasteiger partial charge >= 0.3 is 0 Å². The maximum atomic E-state index is 4.63. The molecule has 0 spiro atoms. The Labute approximate surface area is 92.5 Å². The minimum Gasteiger partial charge on any atom is -0.261 e. The fourth-order valence-electron chi connectivity index (χ4n) is 1.43. The van der Waals surface area contributed by atoms with E-state index in [9.17, 15) is 0 Å². The SMILES string of the molecule is CCCCC(C)=Nc1cc(C)ncc1C. The van der Waals surface area contributed by atoms with Gasteiger partial charge in [0.05, 0.1) is 5.69 Å². The molecule has 1 rings (SSSR count). The second-order valence-corrected chi connectivity index (χ2v) is 4.06. The predicted octanol–water partition coefficient (Wildman–Crippen LogP) is 3.98. The molecule has 0 atom stereocenters. The van der Waals surface area contributed by atoms with Crippen LogP contribution in [0.4, 0.5) is 5.69 Å². The van der Waals surface area contributed by atoms with Crippen molar-refractivity contribution in [1.29, 1.82) is 0 Å². The quantitative estimate of drug-likeness (QED) is 0.681. The standard InChI is InChI=1S/C13H20N2/c1-5-6-7-11(3)15-13-8-12(4)14-9-10(13)2/h8-9H,5-7H2,1-4H3. The van der Waals surface area contributed by atoms with Crippen LogP contribution in [0, 0.1) is 13.8 Å². The molecule has 15 heavy (non-hydrogen) atoms. The average Bonchev–Trinajstić information content (AvgIpc) is 2.20. The van der Waals surface area contributed by atoms with E-state index in [0.717, 1.165) is 23.4 Å². The molecule has 1 heterocycles. The van der Waals surface area contributed by atoms with E-state index in [0.29, 0.717) is 0 Å². The smallest absolute Gasteiger partial charge is 0.0691 e. The highest BCUT2D eigenvalue weighted by molar-refractivity contribution is 5.84. The Hall–Kier alpha value is -1.18. The number of rotatable bonds is 4. The van der Waals surface area contributed by atoms with Crippen molar-refractivity contribution in [2.75, 3.05) is 0 Å². The molecule has 0 amide bonds. The van der Waals surface area contributed by atoms with E-state index in [1.165, 1.54) is 18.6 Å². The minimum absolute atomic E-state index is 1.03. The molecule has 0 aliphatic rings. The van der Waals surface area contributed by atoms with Gasteiger partial charge in [-0.25, -0.2) is 0 Å². The van der Waals surface area contributed by atoms with Crippen LogP contribution in [0.2, 0.25) is 0 Å². The molecule has 1 aromatic heterocycles. The number of unbranched alkanes of at least 4 members (excludes halogenated alkanes) is 1. The Morgan fingerprint density at radius 1 is 1.40 bits per heavy atom. The molecule has 82 valence electrons. The van der Waals surface area contributed by atoms with Crippen LogP contribution in [0.3, 0.4) is 0 Å². The van der Waals surface area contributed by atoms with E-state index in [2.05, 4.69) is 30.7 Å². The second kappa shape index (κ2) is 5.64. The summed E-state index contributed by atoms with van der Waals surface area (Å²) in [5.74, 6) is 0. The van der Waals surface area contributed by atoms with Crippen molar-refractivity contribution in [2.45, 2.75) is 47.0 Å². The maximum Gasteiger partial charge on any atom is 0.0691 e. The van der Waals surface area contributed by atoms with E-state index >= 15 is 0 Å². The zero-order valence-electron chi connectivity index (χ0n) is 10.2. The third kappa shape index (κ3) is 3.82. The van der Waals surface area contributed by atoms with Crippen LogP contribution in [0.5, 0.6) is 0 Å². The van der Waals surface area contributed by atoms with Gasteiger partial charge < -0.3 is 0 Å². The van der Waals surface area contributed by atoms with Crippen molar-refractivity contribution in [3.8, 4) is 0 Å². The number of aryl methyl sites for hydroxylation is 2. The number of nitrogens with zero attached hydrogens (tertiary/aromatic N) is 2. The lowest BCUT2D eigenvalue weighted by atomic mass is 10.2. The number of aliphatic imine (C=N–C) groups is 1. The molecule has 0 aliphatic heterocycles. The molecule has 0 saturated carbocycles. The molecular formula is C13H20N2. The van der Waals surface area contributed by atoms with Crippen LogP contribution >= 0.6 is 0 Å². The lowest BCUT2D eigenvalue weighted by Gasteiger charge is -2.03. The lowest BCUT2D eigenvalue weighted by Crippen LogP contribution is -1.91.